The molecule has 34 heavy (non-hydrogen) atoms. The zero-order valence-corrected chi connectivity index (χ0v) is 21.4. The van der Waals surface area contributed by atoms with Gasteiger partial charge in [-0.3, -0.25) is 9.59 Å². The standard InChI is InChI=1S/C26H35N3O4S/c1-6-25(30)29-14-13-20-16-22(11-12-24(20)29)34(32,33)28-23(15-17(2)3)26(31)27-21-9-7-19(8-10-21)18(4)5/h7-12,16-18,23,28H,6,13-15H2,1-5H3,(H,27,31)/t23-/m0/s1. The second kappa shape index (κ2) is 10.7. The Morgan fingerprint density at radius 2 is 1.71 bits per heavy atom. The van der Waals surface area contributed by atoms with Gasteiger partial charge in [0.2, 0.25) is 21.8 Å². The van der Waals surface area contributed by atoms with E-state index in [9.17, 15) is 18.0 Å². The fourth-order valence-electron chi connectivity index (χ4n) is 4.11. The van der Waals surface area contributed by atoms with Crippen molar-refractivity contribution in [1.29, 1.82) is 0 Å². The molecule has 1 aliphatic heterocycles. The smallest absolute Gasteiger partial charge is 0.242 e. The van der Waals surface area contributed by atoms with E-state index in [0.717, 1.165) is 16.8 Å². The third-order valence-electron chi connectivity index (χ3n) is 6.03. The van der Waals surface area contributed by atoms with Crippen LogP contribution in [0.2, 0.25) is 0 Å². The monoisotopic (exact) mass is 485 g/mol. The largest absolute Gasteiger partial charge is 0.325 e. The Morgan fingerprint density at radius 1 is 1.03 bits per heavy atom. The zero-order valence-electron chi connectivity index (χ0n) is 20.6. The fraction of sp³-hybridized carbons (Fsp3) is 0.462. The highest BCUT2D eigenvalue weighted by Gasteiger charge is 2.29. The van der Waals surface area contributed by atoms with E-state index in [2.05, 4.69) is 23.9 Å². The summed E-state index contributed by atoms with van der Waals surface area (Å²) in [5.41, 5.74) is 3.36. The summed E-state index contributed by atoms with van der Waals surface area (Å²) in [6.45, 7) is 10.4. The number of fused-ring (bicyclic) bond motifs is 1. The quantitative estimate of drug-likeness (QED) is 0.549. The Kier molecular flexibility index (Phi) is 8.15. The molecule has 3 rings (SSSR count). The molecule has 8 heteroatoms. The highest BCUT2D eigenvalue weighted by atomic mass is 32.2. The molecule has 184 valence electrons. The molecular formula is C26H35N3O4S. The molecule has 7 nitrogen and oxygen atoms in total. The molecule has 0 unspecified atom stereocenters. The second-order valence-electron chi connectivity index (χ2n) is 9.51. The summed E-state index contributed by atoms with van der Waals surface area (Å²) in [6.07, 6.45) is 1.36. The van der Waals surface area contributed by atoms with Crippen LogP contribution in [0.4, 0.5) is 11.4 Å². The van der Waals surface area contributed by atoms with Crippen molar-refractivity contribution in [2.24, 2.45) is 5.92 Å². The van der Waals surface area contributed by atoms with Gasteiger partial charge in [-0.2, -0.15) is 4.72 Å². The first-order valence-electron chi connectivity index (χ1n) is 11.9. The molecule has 0 aliphatic carbocycles. The zero-order chi connectivity index (χ0) is 25.0. The molecule has 2 aromatic rings. The number of benzene rings is 2. The number of amides is 2. The van der Waals surface area contributed by atoms with Crippen molar-refractivity contribution in [2.75, 3.05) is 16.8 Å². The minimum Gasteiger partial charge on any atom is -0.325 e. The van der Waals surface area contributed by atoms with Gasteiger partial charge in [-0.05, 0) is 66.1 Å². The number of hydrogen-bond acceptors (Lipinski definition) is 4. The van der Waals surface area contributed by atoms with Gasteiger partial charge in [0, 0.05) is 24.3 Å². The van der Waals surface area contributed by atoms with E-state index in [1.807, 2.05) is 45.0 Å². The Bertz CT molecular complexity index is 1140. The first-order chi connectivity index (χ1) is 16.0. The second-order valence-corrected chi connectivity index (χ2v) is 11.2. The molecule has 2 N–H and O–H groups in total. The van der Waals surface area contributed by atoms with Gasteiger partial charge in [0.25, 0.3) is 0 Å². The van der Waals surface area contributed by atoms with Gasteiger partial charge in [0.05, 0.1) is 4.90 Å². The molecule has 2 aromatic carbocycles. The van der Waals surface area contributed by atoms with E-state index in [1.165, 1.54) is 6.07 Å². The molecule has 0 saturated heterocycles. The molecule has 1 atom stereocenters. The molecule has 0 saturated carbocycles. The predicted octanol–water partition coefficient (Wildman–Crippen LogP) is 4.44. The van der Waals surface area contributed by atoms with Gasteiger partial charge in [0.15, 0.2) is 0 Å². The van der Waals surface area contributed by atoms with Gasteiger partial charge >= 0.3 is 0 Å². The lowest BCUT2D eigenvalue weighted by Gasteiger charge is -2.21. The maximum Gasteiger partial charge on any atom is 0.242 e. The number of rotatable bonds is 9. The van der Waals surface area contributed by atoms with Crippen LogP contribution in [0.3, 0.4) is 0 Å². The van der Waals surface area contributed by atoms with E-state index in [-0.39, 0.29) is 16.7 Å². The first kappa shape index (κ1) is 25.9. The number of nitrogens with zero attached hydrogens (tertiary/aromatic N) is 1. The molecule has 0 bridgehead atoms. The Morgan fingerprint density at radius 3 is 2.29 bits per heavy atom. The third kappa shape index (κ3) is 6.04. The van der Waals surface area contributed by atoms with E-state index in [0.29, 0.717) is 37.4 Å². The van der Waals surface area contributed by atoms with Crippen LogP contribution in [0.5, 0.6) is 0 Å². The summed E-state index contributed by atoms with van der Waals surface area (Å²) in [5, 5.41) is 2.84. The summed E-state index contributed by atoms with van der Waals surface area (Å²) in [6, 6.07) is 11.4. The van der Waals surface area contributed by atoms with Crippen molar-refractivity contribution in [2.45, 2.75) is 70.7 Å². The molecule has 1 heterocycles. The molecule has 0 aromatic heterocycles. The van der Waals surface area contributed by atoms with Crippen LogP contribution < -0.4 is 14.9 Å². The van der Waals surface area contributed by atoms with Gasteiger partial charge in [-0.25, -0.2) is 8.42 Å². The molecule has 1 aliphatic rings. The highest BCUT2D eigenvalue weighted by molar-refractivity contribution is 7.89. The number of carbonyl (C=O) groups excluding carboxylic acids is 2. The topological polar surface area (TPSA) is 95.6 Å². The van der Waals surface area contributed by atoms with E-state index in [4.69, 9.17) is 0 Å². The number of sulfonamides is 1. The summed E-state index contributed by atoms with van der Waals surface area (Å²) < 4.78 is 29.0. The SMILES string of the molecule is CCC(=O)N1CCc2cc(S(=O)(=O)N[C@@H](CC(C)C)C(=O)Nc3ccc(C(C)C)cc3)ccc21. The van der Waals surface area contributed by atoms with Crippen molar-refractivity contribution < 1.29 is 18.0 Å². The van der Waals surface area contributed by atoms with Crippen LogP contribution in [0, 0.1) is 5.92 Å². The highest BCUT2D eigenvalue weighted by Crippen LogP contribution is 2.31. The van der Waals surface area contributed by atoms with Crippen LogP contribution in [-0.2, 0) is 26.0 Å². The van der Waals surface area contributed by atoms with E-state index in [1.54, 1.807) is 17.0 Å². The minimum absolute atomic E-state index is 0.0163. The van der Waals surface area contributed by atoms with Crippen LogP contribution in [-0.4, -0.2) is 32.8 Å². The minimum atomic E-state index is -3.94. The maximum atomic E-state index is 13.2. The summed E-state index contributed by atoms with van der Waals surface area (Å²) >= 11 is 0. The summed E-state index contributed by atoms with van der Waals surface area (Å²) in [5.74, 6) is 0.109. The van der Waals surface area contributed by atoms with E-state index >= 15 is 0 Å². The lowest BCUT2D eigenvalue weighted by atomic mass is 10.0. The lowest BCUT2D eigenvalue weighted by Crippen LogP contribution is -2.44. The number of nitrogens with one attached hydrogen (secondary N) is 2. The Balaban J connectivity index is 1.78. The molecular weight excluding hydrogens is 450 g/mol. The molecule has 2 amide bonds. The Labute approximate surface area is 203 Å². The molecule has 0 fully saturated rings. The van der Waals surface area contributed by atoms with Gasteiger partial charge < -0.3 is 10.2 Å². The lowest BCUT2D eigenvalue weighted by molar-refractivity contribution is -0.118. The van der Waals surface area contributed by atoms with Crippen molar-refractivity contribution >= 4 is 33.2 Å². The summed E-state index contributed by atoms with van der Waals surface area (Å²) in [7, 11) is -3.94. The van der Waals surface area contributed by atoms with Gasteiger partial charge in [-0.15, -0.1) is 0 Å². The average molecular weight is 486 g/mol. The van der Waals surface area contributed by atoms with Crippen molar-refractivity contribution in [1.82, 2.24) is 4.72 Å². The van der Waals surface area contributed by atoms with Crippen LogP contribution in [0.15, 0.2) is 47.4 Å². The van der Waals surface area contributed by atoms with E-state index < -0.39 is 22.0 Å². The van der Waals surface area contributed by atoms with Crippen molar-refractivity contribution in [3.63, 3.8) is 0 Å². The Hall–Kier alpha value is -2.71. The number of carbonyl (C=O) groups is 2. The van der Waals surface area contributed by atoms with Crippen LogP contribution in [0.1, 0.15) is 64.5 Å². The van der Waals surface area contributed by atoms with Gasteiger partial charge in [-0.1, -0.05) is 46.8 Å². The average Bonchev–Trinajstić information content (AvgIpc) is 3.21. The van der Waals surface area contributed by atoms with Crippen molar-refractivity contribution in [3.05, 3.63) is 53.6 Å². The number of anilines is 2. The number of hydrogen-bond donors (Lipinski definition) is 2. The molecule has 0 spiro atoms. The first-order valence-corrected chi connectivity index (χ1v) is 13.4. The van der Waals surface area contributed by atoms with Crippen LogP contribution >= 0.6 is 0 Å². The normalized spacial score (nSPS) is 14.4. The summed E-state index contributed by atoms with van der Waals surface area (Å²) in [4.78, 5) is 27.0. The third-order valence-corrected chi connectivity index (χ3v) is 7.50. The van der Waals surface area contributed by atoms with Gasteiger partial charge in [0.1, 0.15) is 6.04 Å². The predicted molar refractivity (Wildman–Crippen MR) is 136 cm³/mol. The van der Waals surface area contributed by atoms with Crippen molar-refractivity contribution in [3.8, 4) is 0 Å². The fourth-order valence-corrected chi connectivity index (χ4v) is 5.37. The maximum absolute atomic E-state index is 13.2. The molecule has 0 radical (unpaired) electrons. The van der Waals surface area contributed by atoms with Crippen LogP contribution in [0.25, 0.3) is 0 Å².